The molecule has 2 rings (SSSR count). The van der Waals surface area contributed by atoms with Gasteiger partial charge in [0.05, 0.1) is 5.56 Å². The Morgan fingerprint density at radius 3 is 2.44 bits per heavy atom. The maximum Gasteiger partial charge on any atom is 0.417 e. The minimum Gasteiger partial charge on any atom is -0.366 e. The third kappa shape index (κ3) is 2.24. The number of thiophene rings is 1. The Labute approximate surface area is 105 Å². The van der Waals surface area contributed by atoms with Gasteiger partial charge >= 0.3 is 6.18 Å². The van der Waals surface area contributed by atoms with Crippen LogP contribution in [0.5, 0.6) is 0 Å². The van der Waals surface area contributed by atoms with E-state index in [1.165, 1.54) is 17.5 Å². The molecule has 0 saturated carbocycles. The second kappa shape index (κ2) is 4.45. The first kappa shape index (κ1) is 12.6. The number of nitrogens with two attached hydrogens (primary N) is 1. The topological polar surface area (TPSA) is 43.1 Å². The predicted molar refractivity (Wildman–Crippen MR) is 63.3 cm³/mol. The summed E-state index contributed by atoms with van der Waals surface area (Å²) in [6.45, 7) is 0. The Hall–Kier alpha value is -1.82. The summed E-state index contributed by atoms with van der Waals surface area (Å²) in [6.07, 6.45) is -4.44. The zero-order chi connectivity index (χ0) is 13.3. The summed E-state index contributed by atoms with van der Waals surface area (Å²) in [7, 11) is 0. The van der Waals surface area contributed by atoms with Gasteiger partial charge < -0.3 is 5.73 Å². The van der Waals surface area contributed by atoms with Crippen molar-refractivity contribution in [2.75, 3.05) is 0 Å². The van der Waals surface area contributed by atoms with Gasteiger partial charge in [-0.2, -0.15) is 13.2 Å². The van der Waals surface area contributed by atoms with Crippen LogP contribution in [0.1, 0.15) is 15.9 Å². The Bertz CT molecular complexity index is 589. The number of halogens is 3. The minimum atomic E-state index is -4.44. The Balaban J connectivity index is 2.64. The molecule has 1 amide bonds. The molecule has 1 heterocycles. The minimum absolute atomic E-state index is 0.0110. The summed E-state index contributed by atoms with van der Waals surface area (Å²) < 4.78 is 38.4. The number of alkyl halides is 3. The fourth-order valence-corrected chi connectivity index (χ4v) is 2.59. The highest BCUT2D eigenvalue weighted by Gasteiger charge is 2.35. The van der Waals surface area contributed by atoms with Crippen LogP contribution in [0.4, 0.5) is 13.2 Å². The van der Waals surface area contributed by atoms with Crippen molar-refractivity contribution >= 4 is 17.2 Å². The normalized spacial score (nSPS) is 11.5. The van der Waals surface area contributed by atoms with Gasteiger partial charge in [0.2, 0.25) is 5.91 Å². The van der Waals surface area contributed by atoms with Crippen LogP contribution in [0.15, 0.2) is 35.7 Å². The maximum atomic E-state index is 12.8. The van der Waals surface area contributed by atoms with Crippen molar-refractivity contribution in [2.45, 2.75) is 6.18 Å². The lowest BCUT2D eigenvalue weighted by Crippen LogP contribution is -2.13. The van der Waals surface area contributed by atoms with Crippen molar-refractivity contribution in [2.24, 2.45) is 5.73 Å². The van der Waals surface area contributed by atoms with Crippen molar-refractivity contribution < 1.29 is 18.0 Å². The average Bonchev–Trinajstić information content (AvgIpc) is 2.77. The predicted octanol–water partition coefficient (Wildman–Crippen LogP) is 3.53. The second-order valence-electron chi connectivity index (χ2n) is 3.57. The lowest BCUT2D eigenvalue weighted by atomic mass is 10.0. The zero-order valence-corrected chi connectivity index (χ0v) is 9.81. The zero-order valence-electron chi connectivity index (χ0n) is 8.99. The molecule has 0 saturated heterocycles. The molecule has 1 aromatic carbocycles. The van der Waals surface area contributed by atoms with Crippen LogP contribution in [0.3, 0.4) is 0 Å². The Morgan fingerprint density at radius 2 is 1.83 bits per heavy atom. The molecule has 18 heavy (non-hydrogen) atoms. The number of primary amides is 1. The lowest BCUT2D eigenvalue weighted by molar-refractivity contribution is -0.136. The molecule has 0 bridgehead atoms. The average molecular weight is 271 g/mol. The smallest absolute Gasteiger partial charge is 0.366 e. The van der Waals surface area contributed by atoms with Gasteiger partial charge in [-0.25, -0.2) is 0 Å². The third-order valence-corrected chi connectivity index (χ3v) is 3.36. The van der Waals surface area contributed by atoms with Crippen LogP contribution in [-0.4, -0.2) is 5.91 Å². The van der Waals surface area contributed by atoms with Gasteiger partial charge in [-0.15, -0.1) is 11.3 Å². The van der Waals surface area contributed by atoms with Crippen molar-refractivity contribution in [1.82, 2.24) is 0 Å². The summed E-state index contributed by atoms with van der Waals surface area (Å²) in [6, 6.07) is 7.00. The third-order valence-electron chi connectivity index (χ3n) is 2.41. The number of rotatable bonds is 2. The SMILES string of the molecule is NC(=O)c1ccccc1-c1sccc1C(F)(F)F. The molecule has 0 radical (unpaired) electrons. The molecule has 94 valence electrons. The van der Waals surface area contributed by atoms with E-state index in [9.17, 15) is 18.0 Å². The maximum absolute atomic E-state index is 12.8. The molecule has 6 heteroatoms. The molecule has 0 unspecified atom stereocenters. The van der Waals surface area contributed by atoms with E-state index in [1.807, 2.05) is 0 Å². The van der Waals surface area contributed by atoms with E-state index < -0.39 is 17.6 Å². The van der Waals surface area contributed by atoms with Gasteiger partial charge in [-0.05, 0) is 17.5 Å². The number of benzene rings is 1. The van der Waals surface area contributed by atoms with E-state index in [2.05, 4.69) is 0 Å². The molecular formula is C12H8F3NOS. The van der Waals surface area contributed by atoms with Crippen LogP contribution in [0.25, 0.3) is 10.4 Å². The van der Waals surface area contributed by atoms with Gasteiger partial charge in [0.25, 0.3) is 0 Å². The molecule has 1 aromatic heterocycles. The number of carbonyl (C=O) groups excluding carboxylic acids is 1. The molecule has 0 spiro atoms. The van der Waals surface area contributed by atoms with Crippen LogP contribution in [0, 0.1) is 0 Å². The number of hydrogen-bond acceptors (Lipinski definition) is 2. The number of amides is 1. The van der Waals surface area contributed by atoms with E-state index in [1.54, 1.807) is 12.1 Å². The second-order valence-corrected chi connectivity index (χ2v) is 4.49. The molecule has 2 N–H and O–H groups in total. The van der Waals surface area contributed by atoms with Crippen molar-refractivity contribution in [3.63, 3.8) is 0 Å². The van der Waals surface area contributed by atoms with E-state index in [-0.39, 0.29) is 16.0 Å². The van der Waals surface area contributed by atoms with Crippen LogP contribution in [-0.2, 0) is 6.18 Å². The van der Waals surface area contributed by atoms with Gasteiger partial charge in [0.1, 0.15) is 0 Å². The molecular weight excluding hydrogens is 263 g/mol. The quantitative estimate of drug-likeness (QED) is 0.892. The lowest BCUT2D eigenvalue weighted by Gasteiger charge is -2.10. The highest BCUT2D eigenvalue weighted by atomic mass is 32.1. The molecule has 0 atom stereocenters. The fraction of sp³-hybridized carbons (Fsp3) is 0.0833. The Morgan fingerprint density at radius 1 is 1.17 bits per heavy atom. The van der Waals surface area contributed by atoms with E-state index in [0.717, 1.165) is 17.4 Å². The van der Waals surface area contributed by atoms with E-state index in [0.29, 0.717) is 0 Å². The summed E-state index contributed by atoms with van der Waals surface area (Å²) in [5.74, 6) is -0.743. The first-order valence-electron chi connectivity index (χ1n) is 4.95. The van der Waals surface area contributed by atoms with Gasteiger partial charge in [0, 0.05) is 16.0 Å². The Kier molecular flexibility index (Phi) is 3.13. The largest absolute Gasteiger partial charge is 0.417 e. The van der Waals surface area contributed by atoms with Crippen molar-refractivity contribution in [3.8, 4) is 10.4 Å². The molecule has 2 nitrogen and oxygen atoms in total. The highest BCUT2D eigenvalue weighted by molar-refractivity contribution is 7.13. The molecule has 0 aliphatic carbocycles. The standard InChI is InChI=1S/C12H8F3NOS/c13-12(14,15)9-5-6-18-10(9)7-3-1-2-4-8(7)11(16)17/h1-6H,(H2,16,17). The first-order valence-corrected chi connectivity index (χ1v) is 5.83. The number of hydrogen-bond donors (Lipinski definition) is 1. The number of carbonyl (C=O) groups is 1. The van der Waals surface area contributed by atoms with Gasteiger partial charge in [-0.1, -0.05) is 18.2 Å². The van der Waals surface area contributed by atoms with Crippen LogP contribution < -0.4 is 5.73 Å². The molecule has 0 aliphatic rings. The first-order chi connectivity index (χ1) is 8.41. The summed E-state index contributed by atoms with van der Waals surface area (Å²) in [5.41, 5.74) is 4.72. The fourth-order valence-electron chi connectivity index (χ4n) is 1.64. The van der Waals surface area contributed by atoms with Crippen molar-refractivity contribution in [1.29, 1.82) is 0 Å². The van der Waals surface area contributed by atoms with Gasteiger partial charge in [0.15, 0.2) is 0 Å². The van der Waals surface area contributed by atoms with Crippen LogP contribution >= 0.6 is 11.3 Å². The summed E-state index contributed by atoms with van der Waals surface area (Å²) in [5, 5.41) is 1.34. The highest BCUT2D eigenvalue weighted by Crippen LogP contribution is 2.41. The molecule has 2 aromatic rings. The van der Waals surface area contributed by atoms with E-state index in [4.69, 9.17) is 5.73 Å². The summed E-state index contributed by atoms with van der Waals surface area (Å²) >= 11 is 0.933. The monoisotopic (exact) mass is 271 g/mol. The summed E-state index contributed by atoms with van der Waals surface area (Å²) in [4.78, 5) is 11.2. The van der Waals surface area contributed by atoms with Crippen LogP contribution in [0.2, 0.25) is 0 Å². The van der Waals surface area contributed by atoms with Gasteiger partial charge in [-0.3, -0.25) is 4.79 Å². The van der Waals surface area contributed by atoms with E-state index >= 15 is 0 Å². The molecule has 0 aliphatic heterocycles. The van der Waals surface area contributed by atoms with Crippen molar-refractivity contribution in [3.05, 3.63) is 46.8 Å². The molecule has 0 fully saturated rings.